The summed E-state index contributed by atoms with van der Waals surface area (Å²) in [6.45, 7) is 1.90. The molecular formula is C14H13N3O. The van der Waals surface area contributed by atoms with Crippen LogP contribution in [0.25, 0.3) is 11.5 Å². The highest BCUT2D eigenvalue weighted by molar-refractivity contribution is 5.52. The highest BCUT2D eigenvalue weighted by Crippen LogP contribution is 2.41. The van der Waals surface area contributed by atoms with E-state index in [2.05, 4.69) is 16.0 Å². The highest BCUT2D eigenvalue weighted by Gasteiger charge is 2.42. The van der Waals surface area contributed by atoms with Gasteiger partial charge in [0, 0.05) is 6.20 Å². The molecule has 0 aliphatic heterocycles. The maximum atomic E-state index is 9.30. The second-order valence-corrected chi connectivity index (χ2v) is 4.72. The molecule has 0 atom stereocenters. The van der Waals surface area contributed by atoms with Crippen LogP contribution in [-0.4, -0.2) is 9.97 Å². The highest BCUT2D eigenvalue weighted by atomic mass is 16.3. The Bertz CT molecular complexity index is 620. The Hall–Kier alpha value is -2.15. The van der Waals surface area contributed by atoms with Gasteiger partial charge in [-0.2, -0.15) is 5.26 Å². The fraction of sp³-hybridized carbons (Fsp3) is 0.357. The zero-order chi connectivity index (χ0) is 12.6. The largest absolute Gasteiger partial charge is 0.460 e. The third-order valence-electron chi connectivity index (χ3n) is 3.50. The van der Waals surface area contributed by atoms with Crippen LogP contribution in [0.5, 0.6) is 0 Å². The van der Waals surface area contributed by atoms with Gasteiger partial charge in [-0.3, -0.25) is 0 Å². The standard InChI is InChI=1S/C14H13N3O/c1-10-3-4-12(18-10)11-5-8-16-13(17-11)14(9-15)6-2-7-14/h3-5,8H,2,6-7H2,1H3. The number of nitriles is 1. The normalized spacial score (nSPS) is 16.9. The van der Waals surface area contributed by atoms with E-state index in [1.54, 1.807) is 6.20 Å². The lowest BCUT2D eigenvalue weighted by Crippen LogP contribution is -2.34. The molecule has 2 aromatic rings. The molecule has 18 heavy (non-hydrogen) atoms. The van der Waals surface area contributed by atoms with Crippen molar-refractivity contribution in [2.24, 2.45) is 0 Å². The number of hydrogen-bond donors (Lipinski definition) is 0. The smallest absolute Gasteiger partial charge is 0.152 e. The Kier molecular flexibility index (Phi) is 2.41. The van der Waals surface area contributed by atoms with Crippen LogP contribution in [0.4, 0.5) is 0 Å². The molecule has 0 N–H and O–H groups in total. The monoisotopic (exact) mass is 239 g/mol. The van der Waals surface area contributed by atoms with Crippen LogP contribution >= 0.6 is 0 Å². The summed E-state index contributed by atoms with van der Waals surface area (Å²) in [7, 11) is 0. The molecular weight excluding hydrogens is 226 g/mol. The summed E-state index contributed by atoms with van der Waals surface area (Å²) in [6.07, 6.45) is 4.47. The minimum atomic E-state index is -0.475. The first kappa shape index (κ1) is 11.0. The average Bonchev–Trinajstić information content (AvgIpc) is 2.76. The average molecular weight is 239 g/mol. The number of hydrogen-bond acceptors (Lipinski definition) is 4. The second-order valence-electron chi connectivity index (χ2n) is 4.72. The molecule has 0 unspecified atom stereocenters. The molecule has 1 saturated carbocycles. The third-order valence-corrected chi connectivity index (χ3v) is 3.50. The van der Waals surface area contributed by atoms with E-state index in [0.29, 0.717) is 5.82 Å². The first-order valence-electron chi connectivity index (χ1n) is 6.05. The van der Waals surface area contributed by atoms with Crippen LogP contribution in [0.15, 0.2) is 28.8 Å². The molecule has 3 rings (SSSR count). The van der Waals surface area contributed by atoms with Gasteiger partial charge in [-0.1, -0.05) is 0 Å². The molecule has 1 aliphatic carbocycles. The van der Waals surface area contributed by atoms with Crippen molar-refractivity contribution in [3.63, 3.8) is 0 Å². The van der Waals surface area contributed by atoms with Crippen LogP contribution in [0.2, 0.25) is 0 Å². The van der Waals surface area contributed by atoms with E-state index < -0.39 is 5.41 Å². The summed E-state index contributed by atoms with van der Waals surface area (Å²) in [6, 6.07) is 7.96. The summed E-state index contributed by atoms with van der Waals surface area (Å²) in [5.74, 6) is 2.20. The van der Waals surface area contributed by atoms with Gasteiger partial charge in [-0.15, -0.1) is 0 Å². The van der Waals surface area contributed by atoms with E-state index in [4.69, 9.17) is 4.42 Å². The summed E-state index contributed by atoms with van der Waals surface area (Å²) >= 11 is 0. The van der Waals surface area contributed by atoms with Crippen molar-refractivity contribution in [3.8, 4) is 17.5 Å². The van der Waals surface area contributed by atoms with E-state index in [1.165, 1.54) is 0 Å². The predicted molar refractivity (Wildman–Crippen MR) is 65.6 cm³/mol. The molecule has 0 amide bonds. The van der Waals surface area contributed by atoms with Gasteiger partial charge in [0.25, 0.3) is 0 Å². The van der Waals surface area contributed by atoms with E-state index >= 15 is 0 Å². The van der Waals surface area contributed by atoms with Gasteiger partial charge in [-0.25, -0.2) is 9.97 Å². The van der Waals surface area contributed by atoms with Crippen molar-refractivity contribution < 1.29 is 4.42 Å². The Labute approximate surface area is 105 Å². The lowest BCUT2D eigenvalue weighted by atomic mass is 9.69. The molecule has 1 fully saturated rings. The van der Waals surface area contributed by atoms with Crippen molar-refractivity contribution in [1.82, 2.24) is 9.97 Å². The Balaban J connectivity index is 2.02. The summed E-state index contributed by atoms with van der Waals surface area (Å²) < 4.78 is 5.55. The minimum absolute atomic E-state index is 0.475. The van der Waals surface area contributed by atoms with Gasteiger partial charge < -0.3 is 4.42 Å². The maximum absolute atomic E-state index is 9.30. The summed E-state index contributed by atoms with van der Waals surface area (Å²) in [4.78, 5) is 8.76. The minimum Gasteiger partial charge on any atom is -0.460 e. The predicted octanol–water partition coefficient (Wildman–Crippen LogP) is 2.99. The van der Waals surface area contributed by atoms with Crippen molar-refractivity contribution in [2.45, 2.75) is 31.6 Å². The summed E-state index contributed by atoms with van der Waals surface area (Å²) in [5, 5.41) is 9.30. The van der Waals surface area contributed by atoms with Gasteiger partial charge in [-0.05, 0) is 44.4 Å². The van der Waals surface area contributed by atoms with Crippen LogP contribution in [0, 0.1) is 18.3 Å². The molecule has 2 aromatic heterocycles. The lowest BCUT2D eigenvalue weighted by Gasteiger charge is -2.33. The number of furan rings is 1. The molecule has 0 saturated heterocycles. The van der Waals surface area contributed by atoms with E-state index in [0.717, 1.165) is 36.5 Å². The molecule has 0 spiro atoms. The van der Waals surface area contributed by atoms with Crippen LogP contribution in [0.1, 0.15) is 30.8 Å². The molecule has 90 valence electrons. The van der Waals surface area contributed by atoms with Crippen molar-refractivity contribution in [3.05, 3.63) is 36.0 Å². The fourth-order valence-electron chi connectivity index (χ4n) is 2.21. The second kappa shape index (κ2) is 3.95. The first-order valence-corrected chi connectivity index (χ1v) is 6.05. The van der Waals surface area contributed by atoms with Crippen LogP contribution in [-0.2, 0) is 5.41 Å². The van der Waals surface area contributed by atoms with Crippen molar-refractivity contribution in [1.29, 1.82) is 5.26 Å². The number of nitrogens with zero attached hydrogens (tertiary/aromatic N) is 3. The van der Waals surface area contributed by atoms with Crippen molar-refractivity contribution >= 4 is 0 Å². The lowest BCUT2D eigenvalue weighted by molar-refractivity contribution is 0.307. The maximum Gasteiger partial charge on any atom is 0.152 e. The molecule has 0 radical (unpaired) electrons. The molecule has 1 aliphatic rings. The number of rotatable bonds is 2. The van der Waals surface area contributed by atoms with E-state index in [9.17, 15) is 5.26 Å². The fourth-order valence-corrected chi connectivity index (χ4v) is 2.21. The van der Waals surface area contributed by atoms with Gasteiger partial charge in [0.05, 0.1) is 6.07 Å². The van der Waals surface area contributed by atoms with Crippen LogP contribution in [0.3, 0.4) is 0 Å². The Morgan fingerprint density at radius 2 is 2.17 bits per heavy atom. The van der Waals surface area contributed by atoms with E-state index in [1.807, 2.05) is 25.1 Å². The molecule has 4 heteroatoms. The van der Waals surface area contributed by atoms with Gasteiger partial charge >= 0.3 is 0 Å². The number of aryl methyl sites for hydroxylation is 1. The Morgan fingerprint density at radius 3 is 2.72 bits per heavy atom. The van der Waals surface area contributed by atoms with E-state index in [-0.39, 0.29) is 0 Å². The van der Waals surface area contributed by atoms with Gasteiger partial charge in [0.1, 0.15) is 22.7 Å². The summed E-state index contributed by atoms with van der Waals surface area (Å²) in [5.41, 5.74) is 0.270. The molecule has 4 nitrogen and oxygen atoms in total. The quantitative estimate of drug-likeness (QED) is 0.808. The zero-order valence-electron chi connectivity index (χ0n) is 10.2. The SMILES string of the molecule is Cc1ccc(-c2ccnc(C3(C#N)CCC3)n2)o1. The Morgan fingerprint density at radius 1 is 1.33 bits per heavy atom. The topological polar surface area (TPSA) is 62.7 Å². The van der Waals surface area contributed by atoms with Crippen molar-refractivity contribution in [2.75, 3.05) is 0 Å². The molecule has 2 heterocycles. The zero-order valence-corrected chi connectivity index (χ0v) is 10.2. The molecule has 0 bridgehead atoms. The first-order chi connectivity index (χ1) is 8.73. The molecule has 0 aromatic carbocycles. The third kappa shape index (κ3) is 1.60. The van der Waals surface area contributed by atoms with Crippen LogP contribution < -0.4 is 0 Å². The van der Waals surface area contributed by atoms with Gasteiger partial charge in [0.2, 0.25) is 0 Å². The van der Waals surface area contributed by atoms with Gasteiger partial charge in [0.15, 0.2) is 5.76 Å². The number of aromatic nitrogens is 2.